The molecule has 5 heteroatoms. The molecular weight excluding hydrogens is 248 g/mol. The molecule has 19 heavy (non-hydrogen) atoms. The summed E-state index contributed by atoms with van der Waals surface area (Å²) in [7, 11) is 0. The van der Waals surface area contributed by atoms with Crippen molar-refractivity contribution < 1.29 is 23.7 Å². The standard InChI is InChI=1S/C14H28O5/c1-13(2)17-11-9-15-7-8-16-10-12-19-14-5-3-4-6-18-14/h13-14H,3-12H2,1-2H3. The van der Waals surface area contributed by atoms with Crippen molar-refractivity contribution in [2.75, 3.05) is 46.2 Å². The fraction of sp³-hybridized carbons (Fsp3) is 1.00. The van der Waals surface area contributed by atoms with Crippen molar-refractivity contribution >= 4 is 0 Å². The van der Waals surface area contributed by atoms with Crippen LogP contribution in [0.3, 0.4) is 0 Å². The molecular formula is C14H28O5. The summed E-state index contributed by atoms with van der Waals surface area (Å²) in [5.41, 5.74) is 0. The van der Waals surface area contributed by atoms with Crippen LogP contribution < -0.4 is 0 Å². The first-order chi connectivity index (χ1) is 9.29. The van der Waals surface area contributed by atoms with Crippen LogP contribution in [-0.4, -0.2) is 58.6 Å². The minimum atomic E-state index is -0.0261. The van der Waals surface area contributed by atoms with Crippen LogP contribution in [0.15, 0.2) is 0 Å². The zero-order valence-electron chi connectivity index (χ0n) is 12.3. The molecule has 5 nitrogen and oxygen atoms in total. The molecule has 0 saturated carbocycles. The maximum absolute atomic E-state index is 5.55. The zero-order valence-corrected chi connectivity index (χ0v) is 12.3. The first-order valence-corrected chi connectivity index (χ1v) is 7.29. The summed E-state index contributed by atoms with van der Waals surface area (Å²) in [6, 6.07) is 0. The number of ether oxygens (including phenoxy) is 5. The lowest BCUT2D eigenvalue weighted by atomic mass is 10.2. The molecule has 0 N–H and O–H groups in total. The van der Waals surface area contributed by atoms with E-state index in [0.29, 0.717) is 39.6 Å². The van der Waals surface area contributed by atoms with Gasteiger partial charge in [-0.15, -0.1) is 0 Å². The highest BCUT2D eigenvalue weighted by Crippen LogP contribution is 2.13. The average Bonchev–Trinajstić information content (AvgIpc) is 2.42. The van der Waals surface area contributed by atoms with Crippen molar-refractivity contribution in [2.24, 2.45) is 0 Å². The lowest BCUT2D eigenvalue weighted by molar-refractivity contribution is -0.169. The lowest BCUT2D eigenvalue weighted by Crippen LogP contribution is -2.24. The highest BCUT2D eigenvalue weighted by Gasteiger charge is 2.13. The summed E-state index contributed by atoms with van der Waals surface area (Å²) in [5.74, 6) is 0. The van der Waals surface area contributed by atoms with Gasteiger partial charge < -0.3 is 23.7 Å². The Hall–Kier alpha value is -0.200. The van der Waals surface area contributed by atoms with Gasteiger partial charge in [-0.3, -0.25) is 0 Å². The maximum Gasteiger partial charge on any atom is 0.157 e. The number of hydrogen-bond acceptors (Lipinski definition) is 5. The van der Waals surface area contributed by atoms with Gasteiger partial charge in [0, 0.05) is 6.61 Å². The number of rotatable bonds is 11. The number of hydrogen-bond donors (Lipinski definition) is 0. The lowest BCUT2D eigenvalue weighted by Gasteiger charge is -2.22. The maximum atomic E-state index is 5.55. The van der Waals surface area contributed by atoms with Gasteiger partial charge in [-0.05, 0) is 33.1 Å². The smallest absolute Gasteiger partial charge is 0.157 e. The Morgan fingerprint density at radius 3 is 2.26 bits per heavy atom. The molecule has 1 unspecified atom stereocenters. The van der Waals surface area contributed by atoms with Crippen LogP contribution in [-0.2, 0) is 23.7 Å². The van der Waals surface area contributed by atoms with Crippen LogP contribution in [0.4, 0.5) is 0 Å². The van der Waals surface area contributed by atoms with E-state index in [4.69, 9.17) is 23.7 Å². The highest BCUT2D eigenvalue weighted by atomic mass is 16.7. The SMILES string of the molecule is CC(C)OCCOCCOCCOC1CCCCO1. The Labute approximate surface area is 116 Å². The van der Waals surface area contributed by atoms with Crippen molar-refractivity contribution in [1.82, 2.24) is 0 Å². The molecule has 0 amide bonds. The second-order valence-corrected chi connectivity index (χ2v) is 4.81. The molecule has 1 aliphatic heterocycles. The predicted octanol–water partition coefficient (Wildman–Crippen LogP) is 1.99. The summed E-state index contributed by atoms with van der Waals surface area (Å²) >= 11 is 0. The third-order valence-electron chi connectivity index (χ3n) is 2.72. The summed E-state index contributed by atoms with van der Waals surface area (Å²) < 4.78 is 27.1. The first-order valence-electron chi connectivity index (χ1n) is 7.29. The van der Waals surface area contributed by atoms with E-state index in [0.717, 1.165) is 19.4 Å². The van der Waals surface area contributed by atoms with Gasteiger partial charge in [0.15, 0.2) is 6.29 Å². The van der Waals surface area contributed by atoms with Crippen LogP contribution in [0.25, 0.3) is 0 Å². The van der Waals surface area contributed by atoms with E-state index in [1.54, 1.807) is 0 Å². The Kier molecular flexibility index (Phi) is 10.3. The monoisotopic (exact) mass is 276 g/mol. The molecule has 114 valence electrons. The quantitative estimate of drug-likeness (QED) is 0.540. The Morgan fingerprint density at radius 1 is 0.947 bits per heavy atom. The minimum Gasteiger partial charge on any atom is -0.377 e. The fourth-order valence-electron chi connectivity index (χ4n) is 1.75. The van der Waals surface area contributed by atoms with Gasteiger partial charge >= 0.3 is 0 Å². The average molecular weight is 276 g/mol. The Morgan fingerprint density at radius 2 is 1.63 bits per heavy atom. The normalized spacial score (nSPS) is 20.1. The molecule has 0 aromatic heterocycles. The fourth-order valence-corrected chi connectivity index (χ4v) is 1.75. The molecule has 0 aliphatic carbocycles. The van der Waals surface area contributed by atoms with Crippen molar-refractivity contribution in [1.29, 1.82) is 0 Å². The molecule has 1 atom stereocenters. The molecule has 1 heterocycles. The van der Waals surface area contributed by atoms with E-state index in [1.807, 2.05) is 13.8 Å². The Bertz CT molecular complexity index is 192. The summed E-state index contributed by atoms with van der Waals surface area (Å²) in [4.78, 5) is 0. The van der Waals surface area contributed by atoms with Crippen LogP contribution in [0.1, 0.15) is 33.1 Å². The third-order valence-corrected chi connectivity index (χ3v) is 2.72. The summed E-state index contributed by atoms with van der Waals surface area (Å²) in [6.45, 7) is 8.47. The largest absolute Gasteiger partial charge is 0.377 e. The van der Waals surface area contributed by atoms with E-state index in [-0.39, 0.29) is 12.4 Å². The van der Waals surface area contributed by atoms with Gasteiger partial charge in [-0.1, -0.05) is 0 Å². The highest BCUT2D eigenvalue weighted by molar-refractivity contribution is 4.53. The van der Waals surface area contributed by atoms with E-state index < -0.39 is 0 Å². The van der Waals surface area contributed by atoms with Crippen molar-refractivity contribution in [3.05, 3.63) is 0 Å². The van der Waals surface area contributed by atoms with Gasteiger partial charge in [0.1, 0.15) is 0 Å². The minimum absolute atomic E-state index is 0.0261. The van der Waals surface area contributed by atoms with Crippen LogP contribution >= 0.6 is 0 Å². The molecule has 1 aliphatic rings. The molecule has 0 bridgehead atoms. The van der Waals surface area contributed by atoms with Crippen LogP contribution in [0.2, 0.25) is 0 Å². The predicted molar refractivity (Wildman–Crippen MR) is 72.3 cm³/mol. The topological polar surface area (TPSA) is 46.2 Å². The van der Waals surface area contributed by atoms with Gasteiger partial charge in [-0.25, -0.2) is 0 Å². The summed E-state index contributed by atoms with van der Waals surface area (Å²) in [5, 5.41) is 0. The third kappa shape index (κ3) is 10.3. The molecule has 1 rings (SSSR count). The molecule has 0 spiro atoms. The first kappa shape index (κ1) is 16.9. The zero-order chi connectivity index (χ0) is 13.8. The van der Waals surface area contributed by atoms with Crippen LogP contribution in [0.5, 0.6) is 0 Å². The molecule has 0 aromatic carbocycles. The van der Waals surface area contributed by atoms with Crippen molar-refractivity contribution in [3.8, 4) is 0 Å². The van der Waals surface area contributed by atoms with Crippen molar-refractivity contribution in [3.63, 3.8) is 0 Å². The second-order valence-electron chi connectivity index (χ2n) is 4.81. The van der Waals surface area contributed by atoms with E-state index in [2.05, 4.69) is 0 Å². The second kappa shape index (κ2) is 11.6. The molecule has 1 saturated heterocycles. The van der Waals surface area contributed by atoms with E-state index in [1.165, 1.54) is 6.42 Å². The van der Waals surface area contributed by atoms with Gasteiger partial charge in [0.25, 0.3) is 0 Å². The van der Waals surface area contributed by atoms with Crippen LogP contribution in [0, 0.1) is 0 Å². The van der Waals surface area contributed by atoms with Gasteiger partial charge in [-0.2, -0.15) is 0 Å². The van der Waals surface area contributed by atoms with Gasteiger partial charge in [0.05, 0.1) is 45.7 Å². The van der Waals surface area contributed by atoms with Crippen molar-refractivity contribution in [2.45, 2.75) is 45.5 Å². The molecule has 0 aromatic rings. The molecule has 0 radical (unpaired) electrons. The summed E-state index contributed by atoms with van der Waals surface area (Å²) in [6.07, 6.45) is 3.58. The van der Waals surface area contributed by atoms with E-state index >= 15 is 0 Å². The van der Waals surface area contributed by atoms with E-state index in [9.17, 15) is 0 Å². The molecule has 1 fully saturated rings. The Balaban J connectivity index is 1.73. The van der Waals surface area contributed by atoms with Gasteiger partial charge in [0.2, 0.25) is 0 Å².